The van der Waals surface area contributed by atoms with Gasteiger partial charge in [-0.25, -0.2) is 4.57 Å². The summed E-state index contributed by atoms with van der Waals surface area (Å²) in [4.78, 5) is 0. The Morgan fingerprint density at radius 1 is 0.846 bits per heavy atom. The molecule has 1 aliphatic rings. The molecule has 1 aromatic carbocycles. The molecular formula is C24H23N2+. The van der Waals surface area contributed by atoms with Crippen molar-refractivity contribution in [1.82, 2.24) is 4.40 Å². The number of pyridine rings is 2. The van der Waals surface area contributed by atoms with Crippen LogP contribution in [0.3, 0.4) is 0 Å². The van der Waals surface area contributed by atoms with Crippen molar-refractivity contribution in [2.45, 2.75) is 27.2 Å². The zero-order valence-corrected chi connectivity index (χ0v) is 15.8. The van der Waals surface area contributed by atoms with Crippen LogP contribution in [0, 0.1) is 20.8 Å². The fourth-order valence-corrected chi connectivity index (χ4v) is 4.31. The molecule has 3 aromatic heterocycles. The van der Waals surface area contributed by atoms with Gasteiger partial charge in [0.05, 0.1) is 0 Å². The lowest BCUT2D eigenvalue weighted by atomic mass is 9.96. The van der Waals surface area contributed by atoms with Crippen molar-refractivity contribution in [3.63, 3.8) is 0 Å². The Hall–Kier alpha value is -2.87. The van der Waals surface area contributed by atoms with Gasteiger partial charge in [-0.05, 0) is 79.3 Å². The van der Waals surface area contributed by atoms with E-state index in [1.165, 1.54) is 55.7 Å². The van der Waals surface area contributed by atoms with Gasteiger partial charge >= 0.3 is 0 Å². The molecule has 0 saturated heterocycles. The van der Waals surface area contributed by atoms with Gasteiger partial charge in [0.15, 0.2) is 6.20 Å². The highest BCUT2D eigenvalue weighted by atomic mass is 14.9. The number of aromatic nitrogens is 2. The van der Waals surface area contributed by atoms with E-state index >= 15 is 0 Å². The standard InChI is InChI=1S/C24H23N2/c1-15-9-24(25(4)13-17(15)3)21-12-22-18(8-16(21)2)10-19-11-20-6-5-7-26(20)14-23(19)22/h5-9,11-14H,10H2,1-4H3/q+1. The second kappa shape index (κ2) is 5.31. The Bertz CT molecular complexity index is 1190. The summed E-state index contributed by atoms with van der Waals surface area (Å²) >= 11 is 0. The van der Waals surface area contributed by atoms with Gasteiger partial charge < -0.3 is 4.40 Å². The van der Waals surface area contributed by atoms with Crippen LogP contribution in [-0.4, -0.2) is 4.40 Å². The van der Waals surface area contributed by atoms with E-state index in [9.17, 15) is 0 Å². The van der Waals surface area contributed by atoms with Crippen LogP contribution in [0.25, 0.3) is 27.9 Å². The maximum atomic E-state index is 2.40. The summed E-state index contributed by atoms with van der Waals surface area (Å²) < 4.78 is 4.48. The van der Waals surface area contributed by atoms with Gasteiger partial charge in [0.1, 0.15) is 7.05 Å². The molecule has 0 saturated carbocycles. The molecular weight excluding hydrogens is 316 g/mol. The minimum absolute atomic E-state index is 1.03. The van der Waals surface area contributed by atoms with Crippen molar-refractivity contribution >= 4 is 5.52 Å². The van der Waals surface area contributed by atoms with E-state index in [1.807, 2.05) is 0 Å². The van der Waals surface area contributed by atoms with E-state index in [4.69, 9.17) is 0 Å². The molecule has 0 N–H and O–H groups in total. The summed E-state index contributed by atoms with van der Waals surface area (Å²) in [5.74, 6) is 0. The summed E-state index contributed by atoms with van der Waals surface area (Å²) in [6, 6.07) is 13.7. The van der Waals surface area contributed by atoms with Gasteiger partial charge in [0.25, 0.3) is 0 Å². The Morgan fingerprint density at radius 2 is 1.65 bits per heavy atom. The van der Waals surface area contributed by atoms with Gasteiger partial charge in [-0.3, -0.25) is 0 Å². The minimum Gasteiger partial charge on any atom is -0.323 e. The topological polar surface area (TPSA) is 8.29 Å². The zero-order valence-electron chi connectivity index (χ0n) is 15.8. The lowest BCUT2D eigenvalue weighted by Gasteiger charge is -2.10. The maximum absolute atomic E-state index is 2.40. The number of hydrogen-bond acceptors (Lipinski definition) is 0. The lowest BCUT2D eigenvalue weighted by Crippen LogP contribution is -2.31. The van der Waals surface area contributed by atoms with Crippen molar-refractivity contribution in [1.29, 1.82) is 0 Å². The third kappa shape index (κ3) is 2.15. The Labute approximate surface area is 154 Å². The molecule has 4 aromatic rings. The predicted octanol–water partition coefficient (Wildman–Crippen LogP) is 4.93. The minimum atomic E-state index is 1.03. The van der Waals surface area contributed by atoms with Crippen LogP contribution in [0.2, 0.25) is 0 Å². The molecule has 2 heteroatoms. The molecule has 0 unspecified atom stereocenters. The van der Waals surface area contributed by atoms with Gasteiger partial charge in [-0.15, -0.1) is 0 Å². The highest BCUT2D eigenvalue weighted by molar-refractivity contribution is 5.82. The fraction of sp³-hybridized carbons (Fsp3) is 0.208. The van der Waals surface area contributed by atoms with Crippen LogP contribution >= 0.6 is 0 Å². The van der Waals surface area contributed by atoms with Crippen LogP contribution in [-0.2, 0) is 13.5 Å². The summed E-state index contributed by atoms with van der Waals surface area (Å²) in [5.41, 5.74) is 13.5. The summed E-state index contributed by atoms with van der Waals surface area (Å²) in [6.45, 7) is 6.60. The predicted molar refractivity (Wildman–Crippen MR) is 106 cm³/mol. The van der Waals surface area contributed by atoms with Crippen LogP contribution < -0.4 is 4.57 Å². The molecule has 0 atom stereocenters. The molecule has 0 radical (unpaired) electrons. The van der Waals surface area contributed by atoms with Crippen molar-refractivity contribution in [2.24, 2.45) is 7.05 Å². The molecule has 0 aliphatic heterocycles. The smallest absolute Gasteiger partial charge is 0.212 e. The third-order valence-corrected chi connectivity index (χ3v) is 5.89. The average Bonchev–Trinajstić information content (AvgIpc) is 3.18. The van der Waals surface area contributed by atoms with Crippen LogP contribution in [0.4, 0.5) is 0 Å². The molecule has 2 nitrogen and oxygen atoms in total. The van der Waals surface area contributed by atoms with E-state index < -0.39 is 0 Å². The number of aryl methyl sites for hydroxylation is 4. The molecule has 128 valence electrons. The first-order valence-electron chi connectivity index (χ1n) is 9.22. The van der Waals surface area contributed by atoms with Crippen molar-refractivity contribution < 1.29 is 4.57 Å². The van der Waals surface area contributed by atoms with E-state index in [-0.39, 0.29) is 0 Å². The monoisotopic (exact) mass is 339 g/mol. The largest absolute Gasteiger partial charge is 0.323 e. The van der Waals surface area contributed by atoms with Gasteiger partial charge in [-0.2, -0.15) is 0 Å². The first kappa shape index (κ1) is 15.4. The maximum Gasteiger partial charge on any atom is 0.212 e. The molecule has 5 rings (SSSR count). The molecule has 26 heavy (non-hydrogen) atoms. The zero-order chi connectivity index (χ0) is 18.0. The number of benzene rings is 1. The second-order valence-corrected chi connectivity index (χ2v) is 7.69. The van der Waals surface area contributed by atoms with Crippen molar-refractivity contribution in [2.75, 3.05) is 0 Å². The highest BCUT2D eigenvalue weighted by Crippen LogP contribution is 2.40. The second-order valence-electron chi connectivity index (χ2n) is 7.69. The molecule has 3 heterocycles. The lowest BCUT2D eigenvalue weighted by molar-refractivity contribution is -0.660. The third-order valence-electron chi connectivity index (χ3n) is 5.89. The van der Waals surface area contributed by atoms with Gasteiger partial charge in [0.2, 0.25) is 5.69 Å². The van der Waals surface area contributed by atoms with E-state index in [2.05, 4.69) is 91.8 Å². The summed E-state index contributed by atoms with van der Waals surface area (Å²) in [7, 11) is 2.14. The molecule has 0 spiro atoms. The first-order valence-corrected chi connectivity index (χ1v) is 9.22. The van der Waals surface area contributed by atoms with Gasteiger partial charge in [-0.1, -0.05) is 6.07 Å². The quantitative estimate of drug-likeness (QED) is 0.383. The number of fused-ring (bicyclic) bond motifs is 4. The highest BCUT2D eigenvalue weighted by Gasteiger charge is 2.23. The van der Waals surface area contributed by atoms with E-state index in [0.29, 0.717) is 0 Å². The Morgan fingerprint density at radius 3 is 2.50 bits per heavy atom. The molecule has 0 bridgehead atoms. The number of nitrogens with zero attached hydrogens (tertiary/aromatic N) is 2. The first-order chi connectivity index (χ1) is 12.5. The van der Waals surface area contributed by atoms with Gasteiger partial charge in [0, 0.05) is 40.7 Å². The Kier molecular flexibility index (Phi) is 3.14. The number of hydrogen-bond donors (Lipinski definition) is 0. The molecule has 0 fully saturated rings. The fourth-order valence-electron chi connectivity index (χ4n) is 4.31. The molecule has 1 aliphatic carbocycles. The summed E-state index contributed by atoms with van der Waals surface area (Å²) in [5, 5.41) is 0. The van der Waals surface area contributed by atoms with Crippen LogP contribution in [0.5, 0.6) is 0 Å². The van der Waals surface area contributed by atoms with Crippen LogP contribution in [0.15, 0.2) is 55.0 Å². The van der Waals surface area contributed by atoms with Crippen molar-refractivity contribution in [3.05, 3.63) is 82.8 Å². The Balaban J connectivity index is 1.74. The van der Waals surface area contributed by atoms with E-state index in [1.54, 1.807) is 0 Å². The average molecular weight is 339 g/mol. The molecule has 0 amide bonds. The van der Waals surface area contributed by atoms with Crippen molar-refractivity contribution in [3.8, 4) is 22.4 Å². The number of rotatable bonds is 1. The van der Waals surface area contributed by atoms with Crippen LogP contribution in [0.1, 0.15) is 27.8 Å². The SMILES string of the molecule is Cc1cc(-c2cc3c(cc2C)Cc2cc4cccn4cc2-3)[n+](C)cc1C. The summed E-state index contributed by atoms with van der Waals surface area (Å²) in [6.07, 6.45) is 7.68. The van der Waals surface area contributed by atoms with E-state index in [0.717, 1.165) is 6.42 Å². The normalized spacial score (nSPS) is 12.5.